The predicted molar refractivity (Wildman–Crippen MR) is 38.3 cm³/mol. The van der Waals surface area contributed by atoms with Gasteiger partial charge in [0.2, 0.25) is 0 Å². The standard InChI is InChI=1S/C8H13N/c1-6-4-8-3-2-7(6)5-9-8/h7-9H,1-5H2/t7-,8-/m0/s1. The van der Waals surface area contributed by atoms with E-state index in [1.807, 2.05) is 0 Å². The topological polar surface area (TPSA) is 12.0 Å². The first-order valence-corrected chi connectivity index (χ1v) is 3.77. The minimum absolute atomic E-state index is 0.780. The molecule has 0 spiro atoms. The number of rotatable bonds is 0. The van der Waals surface area contributed by atoms with E-state index < -0.39 is 0 Å². The van der Waals surface area contributed by atoms with Crippen molar-refractivity contribution in [3.8, 4) is 0 Å². The lowest BCUT2D eigenvalue weighted by Crippen LogP contribution is -2.45. The fourth-order valence-electron chi connectivity index (χ4n) is 1.92. The van der Waals surface area contributed by atoms with Gasteiger partial charge in [0.1, 0.15) is 0 Å². The number of piperidine rings is 2. The Balaban J connectivity index is 2.15. The molecule has 3 fully saturated rings. The van der Waals surface area contributed by atoms with Crippen molar-refractivity contribution in [3.05, 3.63) is 12.2 Å². The molecule has 2 aliphatic heterocycles. The van der Waals surface area contributed by atoms with Crippen molar-refractivity contribution in [2.75, 3.05) is 6.54 Å². The van der Waals surface area contributed by atoms with Crippen LogP contribution in [0.15, 0.2) is 12.2 Å². The first kappa shape index (κ1) is 5.48. The molecule has 1 saturated carbocycles. The molecule has 2 atom stereocenters. The lowest BCUT2D eigenvalue weighted by Gasteiger charge is -2.38. The zero-order valence-corrected chi connectivity index (χ0v) is 5.69. The fourth-order valence-corrected chi connectivity index (χ4v) is 1.92. The van der Waals surface area contributed by atoms with Crippen LogP contribution in [0.2, 0.25) is 0 Å². The summed E-state index contributed by atoms with van der Waals surface area (Å²) in [5, 5.41) is 3.49. The van der Waals surface area contributed by atoms with Gasteiger partial charge in [-0.2, -0.15) is 0 Å². The van der Waals surface area contributed by atoms with Crippen LogP contribution in [0.5, 0.6) is 0 Å². The SMILES string of the molecule is C=C1C[C@@H]2CC[C@H]1CN2. The van der Waals surface area contributed by atoms with Gasteiger partial charge in [0.25, 0.3) is 0 Å². The molecule has 2 heterocycles. The molecule has 1 N–H and O–H groups in total. The molecule has 2 bridgehead atoms. The summed E-state index contributed by atoms with van der Waals surface area (Å²) < 4.78 is 0. The van der Waals surface area contributed by atoms with Gasteiger partial charge in [-0.15, -0.1) is 0 Å². The van der Waals surface area contributed by atoms with E-state index in [1.54, 1.807) is 0 Å². The van der Waals surface area contributed by atoms with Crippen molar-refractivity contribution in [2.24, 2.45) is 5.92 Å². The van der Waals surface area contributed by atoms with Gasteiger partial charge in [0.15, 0.2) is 0 Å². The molecule has 0 unspecified atom stereocenters. The van der Waals surface area contributed by atoms with Crippen molar-refractivity contribution in [2.45, 2.75) is 25.3 Å². The summed E-state index contributed by atoms with van der Waals surface area (Å²) in [5.41, 5.74) is 1.49. The van der Waals surface area contributed by atoms with Crippen LogP contribution >= 0.6 is 0 Å². The first-order valence-electron chi connectivity index (χ1n) is 3.77. The van der Waals surface area contributed by atoms with Gasteiger partial charge in [-0.05, 0) is 25.2 Å². The van der Waals surface area contributed by atoms with Gasteiger partial charge < -0.3 is 5.32 Å². The van der Waals surface area contributed by atoms with Crippen molar-refractivity contribution in [3.63, 3.8) is 0 Å². The molecule has 3 aliphatic rings. The lowest BCUT2D eigenvalue weighted by atomic mass is 9.78. The molecule has 9 heavy (non-hydrogen) atoms. The first-order chi connectivity index (χ1) is 4.36. The van der Waals surface area contributed by atoms with E-state index in [4.69, 9.17) is 0 Å². The molecule has 0 aromatic carbocycles. The molecule has 2 saturated heterocycles. The highest BCUT2D eigenvalue weighted by molar-refractivity contribution is 5.11. The molecule has 3 rings (SSSR count). The van der Waals surface area contributed by atoms with Crippen LogP contribution in [0.1, 0.15) is 19.3 Å². The van der Waals surface area contributed by atoms with E-state index >= 15 is 0 Å². The van der Waals surface area contributed by atoms with Gasteiger partial charge in [0, 0.05) is 12.6 Å². The number of nitrogens with one attached hydrogen (secondary N) is 1. The van der Waals surface area contributed by atoms with E-state index in [2.05, 4.69) is 11.9 Å². The summed E-state index contributed by atoms with van der Waals surface area (Å²) in [6.45, 7) is 5.25. The van der Waals surface area contributed by atoms with E-state index in [9.17, 15) is 0 Å². The average Bonchev–Trinajstić information content (AvgIpc) is 1.90. The van der Waals surface area contributed by atoms with Gasteiger partial charge >= 0.3 is 0 Å². The van der Waals surface area contributed by atoms with Crippen molar-refractivity contribution >= 4 is 0 Å². The summed E-state index contributed by atoms with van der Waals surface area (Å²) in [6.07, 6.45) is 4.00. The molecule has 0 aromatic rings. The number of fused-ring (bicyclic) bond motifs is 3. The van der Waals surface area contributed by atoms with Gasteiger partial charge in [0.05, 0.1) is 0 Å². The summed E-state index contributed by atoms with van der Waals surface area (Å²) in [4.78, 5) is 0. The predicted octanol–water partition coefficient (Wildman–Crippen LogP) is 1.31. The van der Waals surface area contributed by atoms with Gasteiger partial charge in [-0.1, -0.05) is 12.2 Å². The quantitative estimate of drug-likeness (QED) is 0.479. The second kappa shape index (κ2) is 1.84. The second-order valence-corrected chi connectivity index (χ2v) is 3.24. The number of hydrogen-bond donors (Lipinski definition) is 1. The summed E-state index contributed by atoms with van der Waals surface area (Å²) in [6, 6.07) is 0.780. The van der Waals surface area contributed by atoms with E-state index in [0.29, 0.717) is 0 Å². The Bertz CT molecular complexity index is 132. The summed E-state index contributed by atoms with van der Waals surface area (Å²) in [7, 11) is 0. The van der Waals surface area contributed by atoms with Crippen LogP contribution in [0.4, 0.5) is 0 Å². The van der Waals surface area contributed by atoms with Crippen LogP contribution < -0.4 is 5.32 Å². The average molecular weight is 123 g/mol. The van der Waals surface area contributed by atoms with Crippen LogP contribution in [-0.4, -0.2) is 12.6 Å². The maximum Gasteiger partial charge on any atom is 0.0105 e. The van der Waals surface area contributed by atoms with E-state index in [0.717, 1.165) is 12.0 Å². The largest absolute Gasteiger partial charge is 0.313 e. The third-order valence-electron chi connectivity index (χ3n) is 2.60. The highest BCUT2D eigenvalue weighted by Gasteiger charge is 2.29. The molecule has 50 valence electrons. The third-order valence-corrected chi connectivity index (χ3v) is 2.60. The second-order valence-electron chi connectivity index (χ2n) is 3.24. The normalized spacial score (nSPS) is 41.6. The molecule has 0 amide bonds. The van der Waals surface area contributed by atoms with E-state index in [-0.39, 0.29) is 0 Å². The maximum absolute atomic E-state index is 4.06. The Morgan fingerprint density at radius 1 is 1.44 bits per heavy atom. The van der Waals surface area contributed by atoms with E-state index in [1.165, 1.54) is 31.4 Å². The molecule has 1 aliphatic carbocycles. The monoisotopic (exact) mass is 123 g/mol. The molecular weight excluding hydrogens is 110 g/mol. The molecular formula is C8H13N. The lowest BCUT2D eigenvalue weighted by molar-refractivity contribution is 0.280. The summed E-state index contributed by atoms with van der Waals surface area (Å²) in [5.74, 6) is 0.815. The van der Waals surface area contributed by atoms with Crippen molar-refractivity contribution in [1.82, 2.24) is 5.32 Å². The Kier molecular flexibility index (Phi) is 1.12. The molecule has 0 aromatic heterocycles. The Labute approximate surface area is 56.1 Å². The highest BCUT2D eigenvalue weighted by Crippen LogP contribution is 2.31. The minimum Gasteiger partial charge on any atom is -0.313 e. The Morgan fingerprint density at radius 2 is 2.33 bits per heavy atom. The summed E-state index contributed by atoms with van der Waals surface area (Å²) >= 11 is 0. The smallest absolute Gasteiger partial charge is 0.0105 e. The molecule has 0 radical (unpaired) electrons. The Hall–Kier alpha value is -0.300. The van der Waals surface area contributed by atoms with Gasteiger partial charge in [-0.3, -0.25) is 0 Å². The van der Waals surface area contributed by atoms with Crippen LogP contribution in [0.25, 0.3) is 0 Å². The van der Waals surface area contributed by atoms with Crippen molar-refractivity contribution < 1.29 is 0 Å². The minimum atomic E-state index is 0.780. The van der Waals surface area contributed by atoms with Crippen LogP contribution in [-0.2, 0) is 0 Å². The van der Waals surface area contributed by atoms with Crippen molar-refractivity contribution in [1.29, 1.82) is 0 Å². The Morgan fingerprint density at radius 3 is 2.56 bits per heavy atom. The zero-order chi connectivity index (χ0) is 6.27. The third kappa shape index (κ3) is 0.799. The molecule has 1 nitrogen and oxygen atoms in total. The van der Waals surface area contributed by atoms with Crippen LogP contribution in [0.3, 0.4) is 0 Å². The number of hydrogen-bond acceptors (Lipinski definition) is 1. The zero-order valence-electron chi connectivity index (χ0n) is 5.69. The van der Waals surface area contributed by atoms with Crippen LogP contribution in [0, 0.1) is 5.92 Å². The fraction of sp³-hybridized carbons (Fsp3) is 0.750. The maximum atomic E-state index is 4.06. The molecule has 1 heteroatoms. The van der Waals surface area contributed by atoms with Gasteiger partial charge in [-0.25, -0.2) is 0 Å². The highest BCUT2D eigenvalue weighted by atomic mass is 14.9.